The fourth-order valence-electron chi connectivity index (χ4n) is 1.26. The van der Waals surface area contributed by atoms with Gasteiger partial charge in [0.15, 0.2) is 0 Å². The molecule has 0 radical (unpaired) electrons. The van der Waals surface area contributed by atoms with Crippen LogP contribution in [0.4, 0.5) is 0 Å². The van der Waals surface area contributed by atoms with Gasteiger partial charge < -0.3 is 0 Å². The number of carbonyl (C=O) groups excluding carboxylic acids is 1. The normalized spacial score (nSPS) is 10.5. The number of rotatable bonds is 4. The Kier molecular flexibility index (Phi) is 4.89. The minimum absolute atomic E-state index is 0.177. The maximum Gasteiger partial charge on any atom is 0.254 e. The summed E-state index contributed by atoms with van der Waals surface area (Å²) in [5, 5.41) is 12.0. The highest BCUT2D eigenvalue weighted by atomic mass is 16.2. The SMILES string of the molecule is CC(C)c1ccc(C=NNC(=O)CC#N)cc1. The van der Waals surface area contributed by atoms with E-state index in [-0.39, 0.29) is 6.42 Å². The largest absolute Gasteiger partial charge is 0.272 e. The number of nitrogens with one attached hydrogen (secondary N) is 1. The van der Waals surface area contributed by atoms with Crippen molar-refractivity contribution in [2.24, 2.45) is 5.10 Å². The van der Waals surface area contributed by atoms with Crippen LogP contribution in [0.5, 0.6) is 0 Å². The fourth-order valence-corrected chi connectivity index (χ4v) is 1.26. The van der Waals surface area contributed by atoms with Gasteiger partial charge in [0.2, 0.25) is 0 Å². The quantitative estimate of drug-likeness (QED) is 0.635. The molecule has 4 heteroatoms. The maximum absolute atomic E-state index is 10.9. The summed E-state index contributed by atoms with van der Waals surface area (Å²) in [6.07, 6.45) is 1.38. The van der Waals surface area contributed by atoms with Crippen molar-refractivity contribution in [3.8, 4) is 6.07 Å². The van der Waals surface area contributed by atoms with E-state index in [1.165, 1.54) is 5.56 Å². The van der Waals surface area contributed by atoms with Crippen molar-refractivity contribution in [2.75, 3.05) is 0 Å². The molecule has 0 aromatic heterocycles. The van der Waals surface area contributed by atoms with Gasteiger partial charge in [0, 0.05) is 0 Å². The summed E-state index contributed by atoms with van der Waals surface area (Å²) in [4.78, 5) is 10.9. The van der Waals surface area contributed by atoms with Crippen molar-refractivity contribution >= 4 is 12.1 Å². The van der Waals surface area contributed by atoms with Crippen LogP contribution in [0.3, 0.4) is 0 Å². The molecule has 1 amide bonds. The Hall–Kier alpha value is -2.15. The Bertz CT molecular complexity index is 441. The second-order valence-corrected chi connectivity index (χ2v) is 3.95. The van der Waals surface area contributed by atoms with E-state index >= 15 is 0 Å². The Labute approximate surface area is 101 Å². The first-order valence-corrected chi connectivity index (χ1v) is 5.42. The van der Waals surface area contributed by atoms with Gasteiger partial charge in [0.1, 0.15) is 6.42 Å². The first-order valence-electron chi connectivity index (χ1n) is 5.42. The van der Waals surface area contributed by atoms with Crippen molar-refractivity contribution in [3.63, 3.8) is 0 Å². The zero-order valence-electron chi connectivity index (χ0n) is 9.97. The molecule has 0 heterocycles. The number of nitriles is 1. The molecule has 0 unspecified atom stereocenters. The first-order chi connectivity index (χ1) is 8.13. The van der Waals surface area contributed by atoms with Crippen molar-refractivity contribution in [3.05, 3.63) is 35.4 Å². The minimum Gasteiger partial charge on any atom is -0.272 e. The molecule has 0 aliphatic carbocycles. The average Bonchev–Trinajstić information content (AvgIpc) is 2.30. The predicted molar refractivity (Wildman–Crippen MR) is 66.5 cm³/mol. The van der Waals surface area contributed by atoms with Gasteiger partial charge in [0.05, 0.1) is 12.3 Å². The summed E-state index contributed by atoms with van der Waals surface area (Å²) in [6, 6.07) is 9.69. The van der Waals surface area contributed by atoms with Crippen LogP contribution in [0, 0.1) is 11.3 Å². The molecule has 0 bridgehead atoms. The first kappa shape index (κ1) is 12.9. The predicted octanol–water partition coefficient (Wildman–Crippen LogP) is 2.17. The minimum atomic E-state index is -0.400. The van der Waals surface area contributed by atoms with Crippen LogP contribution >= 0.6 is 0 Å². The third-order valence-corrected chi connectivity index (χ3v) is 2.25. The summed E-state index contributed by atoms with van der Waals surface area (Å²) in [6.45, 7) is 4.26. The summed E-state index contributed by atoms with van der Waals surface area (Å²) < 4.78 is 0. The zero-order valence-corrected chi connectivity index (χ0v) is 9.97. The molecule has 1 N–H and O–H groups in total. The highest BCUT2D eigenvalue weighted by Crippen LogP contribution is 2.13. The molecule has 1 aromatic rings. The van der Waals surface area contributed by atoms with E-state index in [1.807, 2.05) is 24.3 Å². The van der Waals surface area contributed by atoms with Crippen LogP contribution in [0.25, 0.3) is 0 Å². The highest BCUT2D eigenvalue weighted by Gasteiger charge is 1.98. The standard InChI is InChI=1S/C13H15N3O/c1-10(2)12-5-3-11(4-6-12)9-15-16-13(17)7-8-14/h3-6,9-10H,7H2,1-2H3,(H,16,17). The Balaban J connectivity index is 2.55. The van der Waals surface area contributed by atoms with Crippen molar-refractivity contribution in [1.82, 2.24) is 5.43 Å². The summed E-state index contributed by atoms with van der Waals surface area (Å²) in [5.41, 5.74) is 4.45. The number of nitrogens with zero attached hydrogens (tertiary/aromatic N) is 2. The van der Waals surface area contributed by atoms with Crippen LogP contribution in [-0.4, -0.2) is 12.1 Å². The van der Waals surface area contributed by atoms with Crippen molar-refractivity contribution in [2.45, 2.75) is 26.2 Å². The number of hydrogen-bond acceptors (Lipinski definition) is 3. The lowest BCUT2D eigenvalue weighted by Gasteiger charge is -2.04. The van der Waals surface area contributed by atoms with Gasteiger partial charge in [0.25, 0.3) is 5.91 Å². The number of amides is 1. The van der Waals surface area contributed by atoms with Gasteiger partial charge in [-0.25, -0.2) is 5.43 Å². The third kappa shape index (κ3) is 4.47. The van der Waals surface area contributed by atoms with Crippen LogP contribution in [0.2, 0.25) is 0 Å². The lowest BCUT2D eigenvalue weighted by Crippen LogP contribution is -2.16. The molecule has 0 saturated carbocycles. The van der Waals surface area contributed by atoms with E-state index in [0.29, 0.717) is 5.92 Å². The van der Waals surface area contributed by atoms with E-state index in [2.05, 4.69) is 24.4 Å². The lowest BCUT2D eigenvalue weighted by molar-refractivity contribution is -0.120. The van der Waals surface area contributed by atoms with Crippen molar-refractivity contribution in [1.29, 1.82) is 5.26 Å². The second kappa shape index (κ2) is 6.44. The molecule has 88 valence electrons. The van der Waals surface area contributed by atoms with Crippen LogP contribution in [0.1, 0.15) is 37.3 Å². The van der Waals surface area contributed by atoms with E-state index in [9.17, 15) is 4.79 Å². The number of carbonyl (C=O) groups is 1. The Morgan fingerprint density at radius 2 is 2.12 bits per heavy atom. The maximum atomic E-state index is 10.9. The number of hydrazone groups is 1. The topological polar surface area (TPSA) is 65.2 Å². The fraction of sp³-hybridized carbons (Fsp3) is 0.308. The van der Waals surface area contributed by atoms with E-state index in [4.69, 9.17) is 5.26 Å². The Morgan fingerprint density at radius 1 is 1.47 bits per heavy atom. The molecular formula is C13H15N3O. The Morgan fingerprint density at radius 3 is 2.65 bits per heavy atom. The molecule has 1 aromatic carbocycles. The zero-order chi connectivity index (χ0) is 12.7. The van der Waals surface area contributed by atoms with E-state index < -0.39 is 5.91 Å². The molecule has 17 heavy (non-hydrogen) atoms. The molecule has 1 rings (SSSR count). The van der Waals surface area contributed by atoms with Crippen LogP contribution < -0.4 is 5.43 Å². The van der Waals surface area contributed by atoms with Crippen LogP contribution in [-0.2, 0) is 4.79 Å². The van der Waals surface area contributed by atoms with Gasteiger partial charge in [-0.2, -0.15) is 10.4 Å². The van der Waals surface area contributed by atoms with Crippen molar-refractivity contribution < 1.29 is 4.79 Å². The summed E-state index contributed by atoms with van der Waals surface area (Å²) in [7, 11) is 0. The van der Waals surface area contributed by atoms with E-state index in [1.54, 1.807) is 12.3 Å². The number of benzene rings is 1. The molecule has 0 aliphatic rings. The average molecular weight is 229 g/mol. The van der Waals surface area contributed by atoms with Gasteiger partial charge in [-0.1, -0.05) is 38.1 Å². The summed E-state index contributed by atoms with van der Waals surface area (Å²) in [5.74, 6) is 0.0962. The molecule has 0 spiro atoms. The molecule has 4 nitrogen and oxygen atoms in total. The molecule has 0 fully saturated rings. The molecule has 0 aliphatic heterocycles. The monoisotopic (exact) mass is 229 g/mol. The smallest absolute Gasteiger partial charge is 0.254 e. The molecule has 0 saturated heterocycles. The van der Waals surface area contributed by atoms with Gasteiger partial charge in [-0.05, 0) is 17.0 Å². The van der Waals surface area contributed by atoms with E-state index in [0.717, 1.165) is 5.56 Å². The molecule has 0 atom stereocenters. The third-order valence-electron chi connectivity index (χ3n) is 2.25. The van der Waals surface area contributed by atoms with Crippen LogP contribution in [0.15, 0.2) is 29.4 Å². The second-order valence-electron chi connectivity index (χ2n) is 3.95. The highest BCUT2D eigenvalue weighted by molar-refractivity contribution is 5.83. The number of hydrogen-bond donors (Lipinski definition) is 1. The van der Waals surface area contributed by atoms with Gasteiger partial charge in [-0.3, -0.25) is 4.79 Å². The molecular weight excluding hydrogens is 214 g/mol. The van der Waals surface area contributed by atoms with Gasteiger partial charge >= 0.3 is 0 Å². The van der Waals surface area contributed by atoms with Gasteiger partial charge in [-0.15, -0.1) is 0 Å². The lowest BCUT2D eigenvalue weighted by atomic mass is 10.0. The summed E-state index contributed by atoms with van der Waals surface area (Å²) >= 11 is 0.